The van der Waals surface area contributed by atoms with E-state index in [1.54, 1.807) is 12.1 Å². The predicted molar refractivity (Wildman–Crippen MR) is 90.9 cm³/mol. The normalized spacial score (nSPS) is 23.5. The number of nitrogens with one attached hydrogen (secondary N) is 1. The standard InChI is InChI=1S/C17H20N2O4S/c20-14-2-1-8-19(14)10-12-3-5-13(6-4-12)15(21)18-17(16(22)23)7-9-24-11-17/h3-6H,1-2,7-11H2,(H,18,21)(H,22,23). The molecule has 0 aromatic heterocycles. The highest BCUT2D eigenvalue weighted by Gasteiger charge is 2.43. The van der Waals surface area contributed by atoms with Crippen LogP contribution in [0.5, 0.6) is 0 Å². The first-order valence-corrected chi connectivity index (χ1v) is 9.16. The van der Waals surface area contributed by atoms with E-state index >= 15 is 0 Å². The SMILES string of the molecule is O=C(NC1(C(=O)O)CCSC1)c1ccc(CN2CCCC2=O)cc1. The predicted octanol–water partition coefficient (Wildman–Crippen LogP) is 1.50. The molecule has 3 rings (SSSR count). The molecule has 24 heavy (non-hydrogen) atoms. The van der Waals surface area contributed by atoms with Crippen LogP contribution in [0.3, 0.4) is 0 Å². The third-order valence-corrected chi connectivity index (χ3v) is 5.73. The Morgan fingerprint density at radius 2 is 2.04 bits per heavy atom. The van der Waals surface area contributed by atoms with E-state index in [-0.39, 0.29) is 11.8 Å². The highest BCUT2D eigenvalue weighted by atomic mass is 32.2. The van der Waals surface area contributed by atoms with E-state index in [9.17, 15) is 19.5 Å². The third kappa shape index (κ3) is 3.40. The average Bonchev–Trinajstić information content (AvgIpc) is 3.19. The summed E-state index contributed by atoms with van der Waals surface area (Å²) in [6.07, 6.45) is 1.94. The first-order chi connectivity index (χ1) is 11.5. The van der Waals surface area contributed by atoms with Gasteiger partial charge in [-0.2, -0.15) is 11.8 Å². The minimum atomic E-state index is -1.16. The van der Waals surface area contributed by atoms with E-state index in [4.69, 9.17) is 0 Å². The van der Waals surface area contributed by atoms with Crippen LogP contribution in [-0.4, -0.2) is 51.4 Å². The summed E-state index contributed by atoms with van der Waals surface area (Å²) in [5.41, 5.74) is 0.234. The monoisotopic (exact) mass is 348 g/mol. The Balaban J connectivity index is 1.65. The van der Waals surface area contributed by atoms with E-state index in [1.165, 1.54) is 11.8 Å². The van der Waals surface area contributed by atoms with Gasteiger partial charge in [-0.1, -0.05) is 12.1 Å². The summed E-state index contributed by atoms with van der Waals surface area (Å²) in [4.78, 5) is 37.3. The molecule has 0 saturated carbocycles. The maximum absolute atomic E-state index is 12.4. The van der Waals surface area contributed by atoms with Crippen LogP contribution in [0.4, 0.5) is 0 Å². The van der Waals surface area contributed by atoms with Gasteiger partial charge in [0, 0.05) is 30.8 Å². The fraction of sp³-hybridized carbons (Fsp3) is 0.471. The van der Waals surface area contributed by atoms with Crippen LogP contribution in [0.2, 0.25) is 0 Å². The van der Waals surface area contributed by atoms with E-state index in [1.807, 2.05) is 17.0 Å². The topological polar surface area (TPSA) is 86.7 Å². The number of hydrogen-bond acceptors (Lipinski definition) is 4. The van der Waals surface area contributed by atoms with Gasteiger partial charge >= 0.3 is 5.97 Å². The summed E-state index contributed by atoms with van der Waals surface area (Å²) in [5, 5.41) is 12.1. The van der Waals surface area contributed by atoms with Crippen LogP contribution in [0.15, 0.2) is 24.3 Å². The number of carbonyl (C=O) groups is 3. The van der Waals surface area contributed by atoms with Crippen LogP contribution >= 0.6 is 11.8 Å². The second-order valence-corrected chi connectivity index (χ2v) is 7.36. The molecule has 2 aliphatic rings. The zero-order valence-electron chi connectivity index (χ0n) is 13.3. The lowest BCUT2D eigenvalue weighted by Gasteiger charge is -2.24. The molecule has 2 aliphatic heterocycles. The molecule has 1 unspecified atom stereocenters. The first kappa shape index (κ1) is 16.8. The minimum Gasteiger partial charge on any atom is -0.479 e. The summed E-state index contributed by atoms with van der Waals surface area (Å²) < 4.78 is 0. The van der Waals surface area contributed by atoms with Gasteiger partial charge in [-0.15, -0.1) is 0 Å². The molecule has 2 amide bonds. The molecule has 2 heterocycles. The van der Waals surface area contributed by atoms with E-state index in [0.29, 0.717) is 30.7 Å². The molecule has 2 saturated heterocycles. The molecule has 0 bridgehead atoms. The number of nitrogens with zero attached hydrogens (tertiary/aromatic N) is 1. The van der Waals surface area contributed by atoms with Gasteiger partial charge in [0.1, 0.15) is 5.54 Å². The average molecular weight is 348 g/mol. The van der Waals surface area contributed by atoms with Crippen LogP contribution in [-0.2, 0) is 16.1 Å². The van der Waals surface area contributed by atoms with Gasteiger partial charge in [0.25, 0.3) is 5.91 Å². The maximum atomic E-state index is 12.4. The maximum Gasteiger partial charge on any atom is 0.330 e. The lowest BCUT2D eigenvalue weighted by atomic mass is 9.98. The number of rotatable bonds is 5. The van der Waals surface area contributed by atoms with Crippen molar-refractivity contribution in [2.75, 3.05) is 18.1 Å². The zero-order chi connectivity index (χ0) is 17.2. The molecule has 2 N–H and O–H groups in total. The number of carboxylic acids is 1. The number of carboxylic acid groups (broad SMARTS) is 1. The molecular weight excluding hydrogens is 328 g/mol. The number of thioether (sulfide) groups is 1. The molecule has 6 nitrogen and oxygen atoms in total. The highest BCUT2D eigenvalue weighted by Crippen LogP contribution is 2.28. The first-order valence-electron chi connectivity index (χ1n) is 8.00. The molecule has 128 valence electrons. The molecule has 1 atom stereocenters. The molecule has 1 aromatic rings. The van der Waals surface area contributed by atoms with Gasteiger partial charge in [-0.3, -0.25) is 9.59 Å². The van der Waals surface area contributed by atoms with Crippen LogP contribution in [0.25, 0.3) is 0 Å². The van der Waals surface area contributed by atoms with Gasteiger partial charge < -0.3 is 15.3 Å². The molecular formula is C17H20N2O4S. The Morgan fingerprint density at radius 3 is 2.58 bits per heavy atom. The van der Waals surface area contributed by atoms with Gasteiger partial charge in [0.2, 0.25) is 5.91 Å². The van der Waals surface area contributed by atoms with Crippen molar-refractivity contribution in [3.63, 3.8) is 0 Å². The Bertz CT molecular complexity index is 653. The van der Waals surface area contributed by atoms with Crippen LogP contribution < -0.4 is 5.32 Å². The Hall–Kier alpha value is -2.02. The molecule has 1 aromatic carbocycles. The smallest absolute Gasteiger partial charge is 0.330 e. The number of hydrogen-bond donors (Lipinski definition) is 2. The van der Waals surface area contributed by atoms with E-state index in [0.717, 1.165) is 24.3 Å². The third-order valence-electron chi connectivity index (χ3n) is 4.54. The molecule has 7 heteroatoms. The minimum absolute atomic E-state index is 0.166. The van der Waals surface area contributed by atoms with Crippen molar-refractivity contribution < 1.29 is 19.5 Å². The van der Waals surface area contributed by atoms with Gasteiger partial charge in [-0.25, -0.2) is 4.79 Å². The number of benzene rings is 1. The van der Waals surface area contributed by atoms with Crippen molar-refractivity contribution in [2.24, 2.45) is 0 Å². The largest absolute Gasteiger partial charge is 0.479 e. The summed E-state index contributed by atoms with van der Waals surface area (Å²) in [6.45, 7) is 1.33. The highest BCUT2D eigenvalue weighted by molar-refractivity contribution is 7.99. The van der Waals surface area contributed by atoms with E-state index in [2.05, 4.69) is 5.32 Å². The summed E-state index contributed by atoms with van der Waals surface area (Å²) in [7, 11) is 0. The van der Waals surface area contributed by atoms with Crippen molar-refractivity contribution in [1.82, 2.24) is 10.2 Å². The molecule has 0 radical (unpaired) electrons. The zero-order valence-corrected chi connectivity index (χ0v) is 14.1. The number of aliphatic carboxylic acids is 1. The Kier molecular flexibility index (Phi) is 4.80. The van der Waals surface area contributed by atoms with Gasteiger partial charge in [0.05, 0.1) is 0 Å². The fourth-order valence-corrected chi connectivity index (χ4v) is 4.35. The molecule has 0 aliphatic carbocycles. The Labute approximate surface area is 144 Å². The Morgan fingerprint density at radius 1 is 1.29 bits per heavy atom. The summed E-state index contributed by atoms with van der Waals surface area (Å²) >= 11 is 1.53. The number of likely N-dealkylation sites (tertiary alicyclic amines) is 1. The van der Waals surface area contributed by atoms with Crippen molar-refractivity contribution in [3.8, 4) is 0 Å². The van der Waals surface area contributed by atoms with Crippen LogP contribution in [0.1, 0.15) is 35.2 Å². The quantitative estimate of drug-likeness (QED) is 0.842. The van der Waals surface area contributed by atoms with Crippen molar-refractivity contribution in [3.05, 3.63) is 35.4 Å². The van der Waals surface area contributed by atoms with Crippen LogP contribution in [0, 0.1) is 0 Å². The number of carbonyl (C=O) groups excluding carboxylic acids is 2. The second kappa shape index (κ2) is 6.84. The summed E-state index contributed by atoms with van der Waals surface area (Å²) in [6, 6.07) is 7.00. The van der Waals surface area contributed by atoms with Gasteiger partial charge in [-0.05, 0) is 36.3 Å². The molecule has 2 fully saturated rings. The molecule has 0 spiro atoms. The summed E-state index contributed by atoms with van der Waals surface area (Å²) in [5.74, 6) is -0.0637. The lowest BCUT2D eigenvalue weighted by Crippen LogP contribution is -2.54. The van der Waals surface area contributed by atoms with Crippen molar-refractivity contribution in [2.45, 2.75) is 31.3 Å². The van der Waals surface area contributed by atoms with Gasteiger partial charge in [0.15, 0.2) is 0 Å². The number of amides is 2. The second-order valence-electron chi connectivity index (χ2n) is 6.26. The van der Waals surface area contributed by atoms with Crippen molar-refractivity contribution in [1.29, 1.82) is 0 Å². The van der Waals surface area contributed by atoms with E-state index < -0.39 is 11.5 Å². The lowest BCUT2D eigenvalue weighted by molar-refractivity contribution is -0.143. The fourth-order valence-electron chi connectivity index (χ4n) is 3.03. The van der Waals surface area contributed by atoms with Crippen molar-refractivity contribution >= 4 is 29.5 Å².